The van der Waals surface area contributed by atoms with Gasteiger partial charge in [-0.3, -0.25) is 0 Å². The summed E-state index contributed by atoms with van der Waals surface area (Å²) in [6, 6.07) is 1.98. The Morgan fingerprint density at radius 2 is 1.94 bits per heavy atom. The van der Waals surface area contributed by atoms with Crippen LogP contribution in [-0.4, -0.2) is 28.7 Å². The molecule has 0 bridgehead atoms. The average molecular weight is 242 g/mol. The molecule has 0 radical (unpaired) electrons. The predicted molar refractivity (Wildman–Crippen MR) is 68.4 cm³/mol. The number of anilines is 2. The lowest BCUT2D eigenvalue weighted by Crippen LogP contribution is -2.14. The molecule has 6 heteroatoms. The second kappa shape index (κ2) is 4.17. The molecular formula is C10H16ClN5. The highest BCUT2D eigenvalue weighted by molar-refractivity contribution is 5.85. The Morgan fingerprint density at radius 1 is 1.31 bits per heavy atom. The van der Waals surface area contributed by atoms with Crippen molar-refractivity contribution >= 4 is 29.6 Å². The Morgan fingerprint density at radius 3 is 2.50 bits per heavy atom. The van der Waals surface area contributed by atoms with Gasteiger partial charge in [0.25, 0.3) is 0 Å². The molecule has 0 spiro atoms. The molecule has 0 saturated heterocycles. The van der Waals surface area contributed by atoms with Gasteiger partial charge in [0.1, 0.15) is 11.5 Å². The zero-order valence-corrected chi connectivity index (χ0v) is 10.7. The Balaban J connectivity index is 0.00000128. The van der Waals surface area contributed by atoms with Gasteiger partial charge in [-0.2, -0.15) is 9.61 Å². The molecule has 88 valence electrons. The maximum atomic E-state index is 5.91. The molecule has 2 N–H and O–H groups in total. The summed E-state index contributed by atoms with van der Waals surface area (Å²) in [6.45, 7) is 3.84. The highest BCUT2D eigenvalue weighted by Crippen LogP contribution is 2.21. The molecule has 0 atom stereocenters. The second-order valence-electron chi connectivity index (χ2n) is 3.88. The first-order valence-electron chi connectivity index (χ1n) is 4.80. The van der Waals surface area contributed by atoms with Crippen LogP contribution in [0.2, 0.25) is 0 Å². The van der Waals surface area contributed by atoms with Crippen molar-refractivity contribution in [1.29, 1.82) is 0 Å². The van der Waals surface area contributed by atoms with Crippen LogP contribution in [0.5, 0.6) is 0 Å². The van der Waals surface area contributed by atoms with Gasteiger partial charge in [-0.15, -0.1) is 12.4 Å². The van der Waals surface area contributed by atoms with Crippen LogP contribution in [0.1, 0.15) is 11.4 Å². The van der Waals surface area contributed by atoms with E-state index in [4.69, 9.17) is 5.73 Å². The first-order chi connectivity index (χ1) is 7.00. The minimum Gasteiger partial charge on any atom is -0.394 e. The number of fused-ring (bicyclic) bond motifs is 1. The first-order valence-corrected chi connectivity index (χ1v) is 4.80. The van der Waals surface area contributed by atoms with Gasteiger partial charge in [-0.25, -0.2) is 4.98 Å². The molecule has 0 aromatic carbocycles. The maximum absolute atomic E-state index is 5.91. The highest BCUT2D eigenvalue weighted by atomic mass is 35.5. The van der Waals surface area contributed by atoms with Crippen molar-refractivity contribution in [1.82, 2.24) is 14.6 Å². The number of nitrogens with zero attached hydrogens (tertiary/aromatic N) is 4. The molecule has 0 fully saturated rings. The zero-order valence-electron chi connectivity index (χ0n) is 9.85. The third-order valence-corrected chi connectivity index (χ3v) is 2.38. The van der Waals surface area contributed by atoms with Gasteiger partial charge in [0, 0.05) is 25.9 Å². The summed E-state index contributed by atoms with van der Waals surface area (Å²) in [6.07, 6.45) is 0. The summed E-state index contributed by atoms with van der Waals surface area (Å²) < 4.78 is 1.78. The van der Waals surface area contributed by atoms with Crippen molar-refractivity contribution < 1.29 is 0 Å². The van der Waals surface area contributed by atoms with Gasteiger partial charge in [-0.1, -0.05) is 0 Å². The van der Waals surface area contributed by atoms with Crippen molar-refractivity contribution in [3.05, 3.63) is 17.5 Å². The van der Waals surface area contributed by atoms with E-state index in [0.717, 1.165) is 22.9 Å². The normalized spacial score (nSPS) is 10.2. The number of hydrogen-bond donors (Lipinski definition) is 1. The Hall–Kier alpha value is -1.49. The first kappa shape index (κ1) is 12.6. The standard InChI is InChI=1S/C10H15N5.ClH/c1-6-5-8(14(3)4)15-10(12-6)9(11)7(2)13-15;/h5H,11H2,1-4H3;1H. The molecule has 2 aromatic rings. The molecule has 0 amide bonds. The number of rotatable bonds is 1. The van der Waals surface area contributed by atoms with Crippen molar-refractivity contribution in [3.63, 3.8) is 0 Å². The molecule has 0 saturated carbocycles. The third-order valence-electron chi connectivity index (χ3n) is 2.38. The van der Waals surface area contributed by atoms with Crippen LogP contribution < -0.4 is 10.6 Å². The van der Waals surface area contributed by atoms with Crippen molar-refractivity contribution in [3.8, 4) is 0 Å². The van der Waals surface area contributed by atoms with Crippen molar-refractivity contribution in [2.75, 3.05) is 24.7 Å². The van der Waals surface area contributed by atoms with E-state index >= 15 is 0 Å². The van der Waals surface area contributed by atoms with Crippen LogP contribution in [0.3, 0.4) is 0 Å². The number of halogens is 1. The number of hydrogen-bond acceptors (Lipinski definition) is 4. The van der Waals surface area contributed by atoms with Crippen LogP contribution in [0, 0.1) is 13.8 Å². The topological polar surface area (TPSA) is 59.5 Å². The van der Waals surface area contributed by atoms with E-state index in [9.17, 15) is 0 Å². The maximum Gasteiger partial charge on any atom is 0.181 e. The summed E-state index contributed by atoms with van der Waals surface area (Å²) in [5.74, 6) is 0.984. The van der Waals surface area contributed by atoms with E-state index in [-0.39, 0.29) is 12.4 Å². The lowest BCUT2D eigenvalue weighted by molar-refractivity contribution is 0.875. The number of aryl methyl sites for hydroxylation is 2. The lowest BCUT2D eigenvalue weighted by Gasteiger charge is -2.14. The molecule has 0 unspecified atom stereocenters. The van der Waals surface area contributed by atoms with Crippen molar-refractivity contribution in [2.45, 2.75) is 13.8 Å². The summed E-state index contributed by atoms with van der Waals surface area (Å²) >= 11 is 0. The lowest BCUT2D eigenvalue weighted by atomic mass is 10.3. The molecule has 0 aliphatic carbocycles. The van der Waals surface area contributed by atoms with E-state index in [1.807, 2.05) is 38.9 Å². The minimum absolute atomic E-state index is 0. The number of nitrogens with two attached hydrogens (primary N) is 1. The summed E-state index contributed by atoms with van der Waals surface area (Å²) in [7, 11) is 3.95. The Kier molecular flexibility index (Phi) is 3.28. The number of nitrogen functional groups attached to an aromatic ring is 1. The predicted octanol–water partition coefficient (Wildman–Crippen LogP) is 1.42. The zero-order chi connectivity index (χ0) is 11.2. The van der Waals surface area contributed by atoms with Crippen LogP contribution >= 0.6 is 12.4 Å². The quantitative estimate of drug-likeness (QED) is 0.820. The fraction of sp³-hybridized carbons (Fsp3) is 0.400. The monoisotopic (exact) mass is 241 g/mol. The third kappa shape index (κ3) is 1.78. The van der Waals surface area contributed by atoms with Gasteiger partial charge < -0.3 is 10.6 Å². The molecule has 2 heterocycles. The Labute approximate surface area is 101 Å². The molecule has 2 aromatic heterocycles. The summed E-state index contributed by atoms with van der Waals surface area (Å²) in [5.41, 5.74) is 9.06. The van der Waals surface area contributed by atoms with Crippen LogP contribution in [0.25, 0.3) is 5.65 Å². The second-order valence-corrected chi connectivity index (χ2v) is 3.88. The highest BCUT2D eigenvalue weighted by Gasteiger charge is 2.12. The van der Waals surface area contributed by atoms with Gasteiger partial charge in [0.15, 0.2) is 5.65 Å². The smallest absolute Gasteiger partial charge is 0.181 e. The molecule has 2 rings (SSSR count). The van der Waals surface area contributed by atoms with Crippen LogP contribution in [-0.2, 0) is 0 Å². The van der Waals surface area contributed by atoms with Gasteiger partial charge in [0.2, 0.25) is 0 Å². The molecular weight excluding hydrogens is 226 g/mol. The SMILES string of the molecule is Cc1cc(N(C)C)n2nc(C)c(N)c2n1.Cl. The van der Waals surface area contributed by atoms with Gasteiger partial charge >= 0.3 is 0 Å². The van der Waals surface area contributed by atoms with E-state index in [2.05, 4.69) is 10.1 Å². The Bertz CT molecular complexity index is 517. The minimum atomic E-state index is 0. The summed E-state index contributed by atoms with van der Waals surface area (Å²) in [4.78, 5) is 6.38. The molecule has 5 nitrogen and oxygen atoms in total. The van der Waals surface area contributed by atoms with Gasteiger partial charge in [0.05, 0.1) is 5.69 Å². The largest absolute Gasteiger partial charge is 0.394 e. The fourth-order valence-corrected chi connectivity index (χ4v) is 1.56. The van der Waals surface area contributed by atoms with E-state index in [1.54, 1.807) is 4.52 Å². The fourth-order valence-electron chi connectivity index (χ4n) is 1.56. The van der Waals surface area contributed by atoms with Crippen LogP contribution in [0.4, 0.5) is 11.5 Å². The van der Waals surface area contributed by atoms with Crippen molar-refractivity contribution in [2.24, 2.45) is 0 Å². The van der Waals surface area contributed by atoms with E-state index < -0.39 is 0 Å². The number of aromatic nitrogens is 3. The molecule has 16 heavy (non-hydrogen) atoms. The van der Waals surface area contributed by atoms with Gasteiger partial charge in [-0.05, 0) is 13.8 Å². The van der Waals surface area contributed by atoms with E-state index in [0.29, 0.717) is 5.69 Å². The average Bonchev–Trinajstić information content (AvgIpc) is 2.43. The summed E-state index contributed by atoms with van der Waals surface area (Å²) in [5, 5.41) is 4.36. The van der Waals surface area contributed by atoms with Crippen LogP contribution in [0.15, 0.2) is 6.07 Å². The van der Waals surface area contributed by atoms with E-state index in [1.165, 1.54) is 0 Å². The molecule has 0 aliphatic rings. The molecule has 0 aliphatic heterocycles.